The number of aromatic nitrogens is 1. The molecule has 2 unspecified atom stereocenters. The standard InChI is InChI=1S/C17H21N3O3S/c1-2-12-11-20(16(22)14-4-3-8-23-14)7-5-13(12)10-15(21)19-17-18-6-9-24-17/h3-4,6,8-9,12-13H,2,5,7,10-11H2,1H3,(H,18,19,21). The Morgan fingerprint density at radius 1 is 1.46 bits per heavy atom. The Labute approximate surface area is 144 Å². The quantitative estimate of drug-likeness (QED) is 0.901. The number of anilines is 1. The first-order valence-corrected chi connectivity index (χ1v) is 9.07. The zero-order valence-corrected chi connectivity index (χ0v) is 14.4. The fraction of sp³-hybridized carbons (Fsp3) is 0.471. The van der Waals surface area contributed by atoms with E-state index in [0.717, 1.165) is 12.8 Å². The highest BCUT2D eigenvalue weighted by atomic mass is 32.1. The van der Waals surface area contributed by atoms with Gasteiger partial charge < -0.3 is 14.6 Å². The molecule has 2 aromatic heterocycles. The van der Waals surface area contributed by atoms with Gasteiger partial charge in [-0.15, -0.1) is 11.3 Å². The van der Waals surface area contributed by atoms with Gasteiger partial charge in [0.1, 0.15) is 0 Å². The largest absolute Gasteiger partial charge is 0.459 e. The average Bonchev–Trinajstić information content (AvgIpc) is 3.28. The van der Waals surface area contributed by atoms with Gasteiger partial charge in [0.05, 0.1) is 6.26 Å². The van der Waals surface area contributed by atoms with E-state index in [1.54, 1.807) is 18.3 Å². The summed E-state index contributed by atoms with van der Waals surface area (Å²) in [5, 5.41) is 5.32. The van der Waals surface area contributed by atoms with Gasteiger partial charge in [0.15, 0.2) is 10.9 Å². The number of nitrogens with zero attached hydrogens (tertiary/aromatic N) is 2. The van der Waals surface area contributed by atoms with Crippen molar-refractivity contribution < 1.29 is 14.0 Å². The zero-order valence-electron chi connectivity index (χ0n) is 13.6. The molecule has 0 aromatic carbocycles. The first kappa shape index (κ1) is 16.7. The lowest BCUT2D eigenvalue weighted by Gasteiger charge is -2.37. The summed E-state index contributed by atoms with van der Waals surface area (Å²) in [7, 11) is 0. The Kier molecular flexibility index (Phi) is 5.30. The van der Waals surface area contributed by atoms with Crippen LogP contribution in [0.5, 0.6) is 0 Å². The fourth-order valence-electron chi connectivity index (χ4n) is 3.25. The van der Waals surface area contributed by atoms with Gasteiger partial charge >= 0.3 is 0 Å². The molecular weight excluding hydrogens is 326 g/mol. The van der Waals surface area contributed by atoms with Gasteiger partial charge in [-0.3, -0.25) is 9.59 Å². The Morgan fingerprint density at radius 3 is 3.00 bits per heavy atom. The molecule has 0 radical (unpaired) electrons. The normalized spacial score (nSPS) is 20.8. The predicted octanol–water partition coefficient (Wildman–Crippen LogP) is 3.25. The third-order valence-corrected chi connectivity index (χ3v) is 5.25. The molecular formula is C17H21N3O3S. The van der Waals surface area contributed by atoms with Gasteiger partial charge in [-0.05, 0) is 30.4 Å². The monoisotopic (exact) mass is 347 g/mol. The summed E-state index contributed by atoms with van der Waals surface area (Å²) in [6.45, 7) is 3.44. The average molecular weight is 347 g/mol. The van der Waals surface area contributed by atoms with E-state index in [-0.39, 0.29) is 17.7 Å². The van der Waals surface area contributed by atoms with Crippen LogP contribution in [0.25, 0.3) is 0 Å². The number of piperidine rings is 1. The second-order valence-corrected chi connectivity index (χ2v) is 6.93. The van der Waals surface area contributed by atoms with Crippen LogP contribution in [0.2, 0.25) is 0 Å². The summed E-state index contributed by atoms with van der Waals surface area (Å²) < 4.78 is 5.21. The molecule has 24 heavy (non-hydrogen) atoms. The molecule has 0 aliphatic carbocycles. The fourth-order valence-corrected chi connectivity index (χ4v) is 3.79. The molecule has 0 bridgehead atoms. The number of carbonyl (C=O) groups is 2. The Morgan fingerprint density at radius 2 is 2.33 bits per heavy atom. The molecule has 6 nitrogen and oxygen atoms in total. The number of nitrogens with one attached hydrogen (secondary N) is 1. The molecule has 3 heterocycles. The second kappa shape index (κ2) is 7.61. The molecule has 1 saturated heterocycles. The van der Waals surface area contributed by atoms with Gasteiger partial charge in [-0.1, -0.05) is 13.3 Å². The molecule has 1 fully saturated rings. The number of amides is 2. The molecule has 128 valence electrons. The number of thiazole rings is 1. The van der Waals surface area contributed by atoms with E-state index in [9.17, 15) is 9.59 Å². The van der Waals surface area contributed by atoms with Crippen LogP contribution in [0.3, 0.4) is 0 Å². The van der Waals surface area contributed by atoms with Crippen molar-refractivity contribution in [2.45, 2.75) is 26.2 Å². The lowest BCUT2D eigenvalue weighted by atomic mass is 9.81. The number of carbonyl (C=O) groups excluding carboxylic acids is 2. The molecule has 1 aliphatic rings. The van der Waals surface area contributed by atoms with E-state index in [0.29, 0.717) is 36.3 Å². The van der Waals surface area contributed by atoms with E-state index in [1.165, 1.54) is 17.6 Å². The van der Waals surface area contributed by atoms with Crippen LogP contribution in [0, 0.1) is 11.8 Å². The van der Waals surface area contributed by atoms with Crippen LogP contribution in [0.15, 0.2) is 34.4 Å². The van der Waals surface area contributed by atoms with Crippen LogP contribution in [-0.2, 0) is 4.79 Å². The molecule has 2 atom stereocenters. The van der Waals surface area contributed by atoms with E-state index in [2.05, 4.69) is 17.2 Å². The number of hydrogen-bond acceptors (Lipinski definition) is 5. The number of furan rings is 1. The molecule has 1 aliphatic heterocycles. The first-order valence-electron chi connectivity index (χ1n) is 8.19. The van der Waals surface area contributed by atoms with Crippen LogP contribution >= 0.6 is 11.3 Å². The Hall–Kier alpha value is -2.15. The highest BCUT2D eigenvalue weighted by Crippen LogP contribution is 2.30. The maximum atomic E-state index is 12.4. The Balaban J connectivity index is 1.57. The maximum absolute atomic E-state index is 12.4. The minimum absolute atomic E-state index is 0.000730. The predicted molar refractivity (Wildman–Crippen MR) is 91.9 cm³/mol. The second-order valence-electron chi connectivity index (χ2n) is 6.04. The summed E-state index contributed by atoms with van der Waals surface area (Å²) in [5.74, 6) is 0.920. The Bertz CT molecular complexity index is 669. The van der Waals surface area contributed by atoms with Crippen molar-refractivity contribution in [1.29, 1.82) is 0 Å². The van der Waals surface area contributed by atoms with Crippen molar-refractivity contribution in [1.82, 2.24) is 9.88 Å². The van der Waals surface area contributed by atoms with Gasteiger partial charge in [0.2, 0.25) is 5.91 Å². The van der Waals surface area contributed by atoms with Gasteiger partial charge in [-0.2, -0.15) is 0 Å². The topological polar surface area (TPSA) is 75.4 Å². The number of hydrogen-bond donors (Lipinski definition) is 1. The summed E-state index contributed by atoms with van der Waals surface area (Å²) in [6, 6.07) is 3.41. The third-order valence-electron chi connectivity index (χ3n) is 4.56. The van der Waals surface area contributed by atoms with Gasteiger partial charge in [0.25, 0.3) is 5.91 Å². The minimum Gasteiger partial charge on any atom is -0.459 e. The third kappa shape index (κ3) is 3.84. The van der Waals surface area contributed by atoms with Crippen molar-refractivity contribution in [3.8, 4) is 0 Å². The molecule has 2 aromatic rings. The van der Waals surface area contributed by atoms with E-state index >= 15 is 0 Å². The summed E-state index contributed by atoms with van der Waals surface area (Å²) >= 11 is 1.42. The van der Waals surface area contributed by atoms with Crippen LogP contribution in [0.1, 0.15) is 36.7 Å². The smallest absolute Gasteiger partial charge is 0.289 e. The molecule has 2 amide bonds. The van der Waals surface area contributed by atoms with E-state index in [1.807, 2.05) is 10.3 Å². The van der Waals surface area contributed by atoms with Crippen molar-refractivity contribution in [2.75, 3.05) is 18.4 Å². The molecule has 3 rings (SSSR count). The summed E-state index contributed by atoms with van der Waals surface area (Å²) in [5.41, 5.74) is 0. The molecule has 0 spiro atoms. The van der Waals surface area contributed by atoms with Crippen molar-refractivity contribution in [3.05, 3.63) is 35.7 Å². The minimum atomic E-state index is -0.0656. The summed E-state index contributed by atoms with van der Waals surface area (Å²) in [4.78, 5) is 30.5. The first-order chi connectivity index (χ1) is 11.7. The summed E-state index contributed by atoms with van der Waals surface area (Å²) in [6.07, 6.45) is 5.43. The number of rotatable bonds is 5. The van der Waals surface area contributed by atoms with E-state index < -0.39 is 0 Å². The molecule has 0 saturated carbocycles. The van der Waals surface area contributed by atoms with Crippen molar-refractivity contribution in [2.24, 2.45) is 11.8 Å². The van der Waals surface area contributed by atoms with Crippen LogP contribution in [0.4, 0.5) is 5.13 Å². The SMILES string of the molecule is CCC1CN(C(=O)c2ccco2)CCC1CC(=O)Nc1nccs1. The van der Waals surface area contributed by atoms with Gasteiger partial charge in [-0.25, -0.2) is 4.98 Å². The number of likely N-dealkylation sites (tertiary alicyclic amines) is 1. The van der Waals surface area contributed by atoms with Crippen LogP contribution in [-0.4, -0.2) is 34.8 Å². The van der Waals surface area contributed by atoms with Crippen molar-refractivity contribution in [3.63, 3.8) is 0 Å². The van der Waals surface area contributed by atoms with Crippen LogP contribution < -0.4 is 5.32 Å². The lowest BCUT2D eigenvalue weighted by molar-refractivity contribution is -0.117. The molecule has 7 heteroatoms. The molecule has 1 N–H and O–H groups in total. The van der Waals surface area contributed by atoms with Crippen molar-refractivity contribution >= 4 is 28.3 Å². The van der Waals surface area contributed by atoms with Gasteiger partial charge in [0, 0.05) is 31.1 Å². The van der Waals surface area contributed by atoms with E-state index in [4.69, 9.17) is 4.42 Å². The maximum Gasteiger partial charge on any atom is 0.289 e. The zero-order chi connectivity index (χ0) is 16.9. The lowest BCUT2D eigenvalue weighted by Crippen LogP contribution is -2.44. The highest BCUT2D eigenvalue weighted by Gasteiger charge is 2.32. The highest BCUT2D eigenvalue weighted by molar-refractivity contribution is 7.13.